The number of hydrogen-bond donors (Lipinski definition) is 3. The Labute approximate surface area is 174 Å². The molecule has 2 rings (SSSR count). The maximum Gasteiger partial charge on any atom is 0.408 e. The molecule has 0 saturated heterocycles. The predicted octanol–water partition coefficient (Wildman–Crippen LogP) is 3.03. The fourth-order valence-electron chi connectivity index (χ4n) is 2.53. The number of nitrogens with zero attached hydrogens (tertiary/aromatic N) is 1. The van der Waals surface area contributed by atoms with E-state index in [4.69, 9.17) is 9.47 Å². The van der Waals surface area contributed by atoms with Gasteiger partial charge in [-0.15, -0.1) is 0 Å². The number of nitrogens with one attached hydrogen (secondary N) is 2. The van der Waals surface area contributed by atoms with E-state index in [-0.39, 0.29) is 6.61 Å². The summed E-state index contributed by atoms with van der Waals surface area (Å²) in [5.41, 5.74) is 0.332. The van der Waals surface area contributed by atoms with Gasteiger partial charge in [0.1, 0.15) is 12.2 Å². The second-order valence-electron chi connectivity index (χ2n) is 7.43. The topological polar surface area (TPSA) is 127 Å². The molecule has 2 aromatic rings. The molecule has 0 spiro atoms. The van der Waals surface area contributed by atoms with Gasteiger partial charge in [-0.3, -0.25) is 4.98 Å². The zero-order chi connectivity index (χ0) is 22.1. The van der Waals surface area contributed by atoms with E-state index in [1.807, 2.05) is 6.07 Å². The number of hydrogen-bond acceptors (Lipinski definition) is 6. The summed E-state index contributed by atoms with van der Waals surface area (Å²) < 4.78 is 10.3. The Kier molecular flexibility index (Phi) is 7.74. The zero-order valence-corrected chi connectivity index (χ0v) is 17.0. The van der Waals surface area contributed by atoms with Crippen LogP contribution in [0.3, 0.4) is 0 Å². The first kappa shape index (κ1) is 22.7. The Bertz CT molecular complexity index is 852. The molecule has 1 heterocycles. The van der Waals surface area contributed by atoms with E-state index in [0.29, 0.717) is 5.56 Å². The van der Waals surface area contributed by atoms with E-state index in [0.717, 1.165) is 5.56 Å². The SMILES string of the molecule is CC(C)(C)OC(=O)N[C@H](c1cccnc1)[C@H](NC(=O)OCc1ccccc1)C(=O)O. The Balaban J connectivity index is 2.15. The Morgan fingerprint density at radius 2 is 1.73 bits per heavy atom. The quantitative estimate of drug-likeness (QED) is 0.634. The van der Waals surface area contributed by atoms with Crippen molar-refractivity contribution in [3.63, 3.8) is 0 Å². The number of rotatable bonds is 7. The molecule has 9 heteroatoms. The first-order valence-corrected chi connectivity index (χ1v) is 9.25. The summed E-state index contributed by atoms with van der Waals surface area (Å²) in [4.78, 5) is 40.4. The molecule has 0 saturated carbocycles. The van der Waals surface area contributed by atoms with Crippen molar-refractivity contribution in [3.05, 3.63) is 66.0 Å². The summed E-state index contributed by atoms with van der Waals surface area (Å²) in [5.74, 6) is -1.36. The minimum atomic E-state index is -1.52. The number of carboxylic acids is 1. The van der Waals surface area contributed by atoms with Crippen LogP contribution in [0.15, 0.2) is 54.9 Å². The van der Waals surface area contributed by atoms with Crippen LogP contribution < -0.4 is 10.6 Å². The molecule has 160 valence electrons. The van der Waals surface area contributed by atoms with E-state index < -0.39 is 35.8 Å². The van der Waals surface area contributed by atoms with Gasteiger partial charge >= 0.3 is 18.2 Å². The van der Waals surface area contributed by atoms with Crippen LogP contribution in [-0.4, -0.2) is 39.9 Å². The lowest BCUT2D eigenvalue weighted by Gasteiger charge is -2.27. The van der Waals surface area contributed by atoms with Gasteiger partial charge < -0.3 is 25.2 Å². The standard InChI is InChI=1S/C21H25N3O6/c1-21(2,3)30-20(28)23-16(15-10-7-11-22-12-15)17(18(25)26)24-19(27)29-13-14-8-5-4-6-9-14/h4-12,16-17H,13H2,1-3H3,(H,23,28)(H,24,27)(H,25,26)/t16-,17+/m1/s1. The zero-order valence-electron chi connectivity index (χ0n) is 17.0. The van der Waals surface area contributed by atoms with Crippen molar-refractivity contribution < 1.29 is 29.0 Å². The number of carbonyl (C=O) groups excluding carboxylic acids is 2. The maximum atomic E-state index is 12.3. The molecule has 2 atom stereocenters. The second kappa shape index (κ2) is 10.2. The summed E-state index contributed by atoms with van der Waals surface area (Å²) in [6.07, 6.45) is 1.13. The molecule has 2 amide bonds. The molecule has 1 aromatic carbocycles. The van der Waals surface area contributed by atoms with Crippen molar-refractivity contribution in [1.29, 1.82) is 0 Å². The highest BCUT2D eigenvalue weighted by atomic mass is 16.6. The number of carboxylic acid groups (broad SMARTS) is 1. The minimum absolute atomic E-state index is 0.0317. The van der Waals surface area contributed by atoms with Gasteiger partial charge in [0.2, 0.25) is 0 Å². The van der Waals surface area contributed by atoms with Gasteiger partial charge in [0.25, 0.3) is 0 Å². The molecule has 30 heavy (non-hydrogen) atoms. The van der Waals surface area contributed by atoms with Crippen molar-refractivity contribution in [2.75, 3.05) is 0 Å². The summed E-state index contributed by atoms with van der Waals surface area (Å²) in [5, 5.41) is 14.5. The molecule has 0 bridgehead atoms. The largest absolute Gasteiger partial charge is 0.480 e. The van der Waals surface area contributed by atoms with Crippen LogP contribution in [0.5, 0.6) is 0 Å². The molecular formula is C21H25N3O6. The highest BCUT2D eigenvalue weighted by Gasteiger charge is 2.34. The fourth-order valence-corrected chi connectivity index (χ4v) is 2.53. The van der Waals surface area contributed by atoms with E-state index in [1.54, 1.807) is 57.2 Å². The van der Waals surface area contributed by atoms with Crippen LogP contribution in [0.1, 0.15) is 37.9 Å². The average molecular weight is 415 g/mol. The number of aromatic nitrogens is 1. The molecule has 0 unspecified atom stereocenters. The van der Waals surface area contributed by atoms with Gasteiger partial charge in [0.15, 0.2) is 6.04 Å². The van der Waals surface area contributed by atoms with Crippen LogP contribution in [-0.2, 0) is 20.9 Å². The fraction of sp³-hybridized carbons (Fsp3) is 0.333. The lowest BCUT2D eigenvalue weighted by molar-refractivity contribution is -0.140. The lowest BCUT2D eigenvalue weighted by atomic mass is 10.0. The number of ether oxygens (including phenoxy) is 2. The van der Waals surface area contributed by atoms with E-state index in [2.05, 4.69) is 15.6 Å². The third-order valence-electron chi connectivity index (χ3n) is 3.80. The van der Waals surface area contributed by atoms with E-state index >= 15 is 0 Å². The minimum Gasteiger partial charge on any atom is -0.480 e. The predicted molar refractivity (Wildman–Crippen MR) is 108 cm³/mol. The molecular weight excluding hydrogens is 390 g/mol. The first-order chi connectivity index (χ1) is 14.2. The maximum absolute atomic E-state index is 12.3. The number of pyridine rings is 1. The van der Waals surface area contributed by atoms with Crippen LogP contribution in [0.4, 0.5) is 9.59 Å². The van der Waals surface area contributed by atoms with Crippen molar-refractivity contribution in [2.45, 2.75) is 45.1 Å². The Hall–Kier alpha value is -3.62. The van der Waals surface area contributed by atoms with Crippen molar-refractivity contribution in [1.82, 2.24) is 15.6 Å². The third kappa shape index (κ3) is 7.42. The van der Waals surface area contributed by atoms with Crippen LogP contribution in [0.25, 0.3) is 0 Å². The molecule has 0 radical (unpaired) electrons. The summed E-state index contributed by atoms with van der Waals surface area (Å²) >= 11 is 0. The normalized spacial score (nSPS) is 12.9. The lowest BCUT2D eigenvalue weighted by Crippen LogP contribution is -2.51. The first-order valence-electron chi connectivity index (χ1n) is 9.25. The number of alkyl carbamates (subject to hydrolysis) is 2. The molecule has 0 fully saturated rings. The molecule has 0 aliphatic rings. The molecule has 0 aliphatic carbocycles. The third-order valence-corrected chi connectivity index (χ3v) is 3.80. The van der Waals surface area contributed by atoms with Crippen molar-refractivity contribution in [2.24, 2.45) is 0 Å². The van der Waals surface area contributed by atoms with Gasteiger partial charge in [0.05, 0.1) is 6.04 Å². The highest BCUT2D eigenvalue weighted by molar-refractivity contribution is 5.82. The van der Waals surface area contributed by atoms with Crippen LogP contribution >= 0.6 is 0 Å². The summed E-state index contributed by atoms with van der Waals surface area (Å²) in [6.45, 7) is 5.01. The van der Waals surface area contributed by atoms with Gasteiger partial charge in [-0.2, -0.15) is 0 Å². The van der Waals surface area contributed by atoms with Gasteiger partial charge in [-0.05, 0) is 38.0 Å². The monoisotopic (exact) mass is 415 g/mol. The number of benzene rings is 1. The molecule has 3 N–H and O–H groups in total. The molecule has 9 nitrogen and oxygen atoms in total. The number of carbonyl (C=O) groups is 3. The van der Waals surface area contributed by atoms with Gasteiger partial charge in [-0.1, -0.05) is 36.4 Å². The smallest absolute Gasteiger partial charge is 0.408 e. The molecule has 0 aliphatic heterocycles. The number of aliphatic carboxylic acids is 1. The van der Waals surface area contributed by atoms with Crippen LogP contribution in [0.2, 0.25) is 0 Å². The van der Waals surface area contributed by atoms with Crippen molar-refractivity contribution in [3.8, 4) is 0 Å². The van der Waals surface area contributed by atoms with E-state index in [1.165, 1.54) is 12.4 Å². The second-order valence-corrected chi connectivity index (χ2v) is 7.43. The van der Waals surface area contributed by atoms with Gasteiger partial charge in [-0.25, -0.2) is 14.4 Å². The number of amides is 2. The summed E-state index contributed by atoms with van der Waals surface area (Å²) in [6, 6.07) is 9.45. The summed E-state index contributed by atoms with van der Waals surface area (Å²) in [7, 11) is 0. The van der Waals surface area contributed by atoms with Crippen molar-refractivity contribution >= 4 is 18.2 Å². The Morgan fingerprint density at radius 1 is 1.03 bits per heavy atom. The van der Waals surface area contributed by atoms with E-state index in [9.17, 15) is 19.5 Å². The average Bonchev–Trinajstić information content (AvgIpc) is 2.69. The van der Waals surface area contributed by atoms with Crippen LogP contribution in [0, 0.1) is 0 Å². The molecule has 1 aromatic heterocycles. The Morgan fingerprint density at radius 3 is 2.30 bits per heavy atom. The van der Waals surface area contributed by atoms with Gasteiger partial charge in [0, 0.05) is 12.4 Å². The highest BCUT2D eigenvalue weighted by Crippen LogP contribution is 2.18.